The van der Waals surface area contributed by atoms with Crippen molar-refractivity contribution < 1.29 is 15.0 Å². The van der Waals surface area contributed by atoms with Gasteiger partial charge in [0.2, 0.25) is 0 Å². The van der Waals surface area contributed by atoms with E-state index in [9.17, 15) is 4.79 Å². The van der Waals surface area contributed by atoms with Crippen LogP contribution in [0.4, 0.5) is 0 Å². The predicted octanol–water partition coefficient (Wildman–Crippen LogP) is -0.446. The molecule has 0 saturated carbocycles. The van der Waals surface area contributed by atoms with E-state index in [4.69, 9.17) is 10.2 Å². The Balaban J connectivity index is 2.82. The van der Waals surface area contributed by atoms with Gasteiger partial charge in [0.15, 0.2) is 6.04 Å². The van der Waals surface area contributed by atoms with E-state index in [2.05, 4.69) is 4.99 Å². The zero-order chi connectivity index (χ0) is 10.1. The summed E-state index contributed by atoms with van der Waals surface area (Å²) in [4.78, 5) is 16.2. The van der Waals surface area contributed by atoms with Gasteiger partial charge in [0.1, 0.15) is 0 Å². The average molecular weight is 186 g/mol. The molecule has 2 atom stereocenters. The summed E-state index contributed by atoms with van der Waals surface area (Å²) in [5.74, 6) is -0.941. The molecule has 0 bridgehead atoms. The highest BCUT2D eigenvalue weighted by Gasteiger charge is 2.36. The van der Waals surface area contributed by atoms with Gasteiger partial charge in [0.05, 0.1) is 18.5 Å². The molecule has 1 aliphatic rings. The number of likely N-dealkylation sites (N-methyl/N-ethyl adjacent to an activating group) is 1. The van der Waals surface area contributed by atoms with Crippen LogP contribution in [0, 0.1) is 0 Å². The minimum atomic E-state index is -0.941. The Hall–Kier alpha value is -1.10. The largest absolute Gasteiger partial charge is 0.480 e. The van der Waals surface area contributed by atoms with E-state index in [0.29, 0.717) is 6.42 Å². The molecule has 0 aromatic carbocycles. The second kappa shape index (κ2) is 3.33. The second-order valence-electron chi connectivity index (χ2n) is 3.59. The molecular weight excluding hydrogens is 172 g/mol. The van der Waals surface area contributed by atoms with Crippen molar-refractivity contribution in [1.29, 1.82) is 0 Å². The summed E-state index contributed by atoms with van der Waals surface area (Å²) < 4.78 is 0. The van der Waals surface area contributed by atoms with Crippen LogP contribution < -0.4 is 0 Å². The van der Waals surface area contributed by atoms with Gasteiger partial charge in [0.25, 0.3) is 0 Å². The Labute approximate surface area is 76.7 Å². The third-order valence-corrected chi connectivity index (χ3v) is 2.53. The fourth-order valence-corrected chi connectivity index (χ4v) is 1.26. The van der Waals surface area contributed by atoms with Crippen molar-refractivity contribution in [3.05, 3.63) is 0 Å². The number of aliphatic imine (C=N–C) groups is 1. The van der Waals surface area contributed by atoms with Crippen LogP contribution in [-0.4, -0.2) is 52.7 Å². The molecule has 5 nitrogen and oxygen atoms in total. The summed E-state index contributed by atoms with van der Waals surface area (Å²) in [7, 11) is 1.78. The van der Waals surface area contributed by atoms with E-state index in [0.717, 1.165) is 0 Å². The molecule has 0 aromatic rings. The minimum absolute atomic E-state index is 0.0701. The Bertz CT molecular complexity index is 242. The van der Waals surface area contributed by atoms with E-state index in [-0.39, 0.29) is 6.61 Å². The monoisotopic (exact) mass is 186 g/mol. The van der Waals surface area contributed by atoms with Crippen molar-refractivity contribution in [2.45, 2.75) is 24.9 Å². The van der Waals surface area contributed by atoms with Crippen molar-refractivity contribution >= 4 is 12.3 Å². The van der Waals surface area contributed by atoms with Gasteiger partial charge in [-0.05, 0) is 6.92 Å². The lowest BCUT2D eigenvalue weighted by molar-refractivity contribution is -0.139. The van der Waals surface area contributed by atoms with Gasteiger partial charge in [-0.25, -0.2) is 4.79 Å². The van der Waals surface area contributed by atoms with Gasteiger partial charge in [-0.1, -0.05) is 0 Å². The number of rotatable bonds is 2. The van der Waals surface area contributed by atoms with E-state index in [1.807, 2.05) is 6.92 Å². The van der Waals surface area contributed by atoms with E-state index in [1.54, 1.807) is 11.9 Å². The molecule has 74 valence electrons. The second-order valence-corrected chi connectivity index (χ2v) is 3.59. The molecule has 13 heavy (non-hydrogen) atoms. The number of nitrogens with zero attached hydrogens (tertiary/aromatic N) is 2. The predicted molar refractivity (Wildman–Crippen MR) is 47.8 cm³/mol. The highest BCUT2D eigenvalue weighted by atomic mass is 16.4. The van der Waals surface area contributed by atoms with Crippen molar-refractivity contribution in [3.8, 4) is 0 Å². The summed E-state index contributed by atoms with van der Waals surface area (Å²) in [6, 6.07) is -0.728. The topological polar surface area (TPSA) is 73.1 Å². The van der Waals surface area contributed by atoms with Crippen LogP contribution in [0.15, 0.2) is 4.99 Å². The highest BCUT2D eigenvalue weighted by molar-refractivity contribution is 5.77. The molecule has 0 amide bonds. The molecule has 0 aliphatic carbocycles. The Morgan fingerprint density at radius 3 is 2.92 bits per heavy atom. The molecule has 0 aromatic heterocycles. The molecule has 2 N–H and O–H groups in total. The Morgan fingerprint density at radius 1 is 1.85 bits per heavy atom. The molecule has 1 rings (SSSR count). The maximum Gasteiger partial charge on any atom is 0.328 e. The van der Waals surface area contributed by atoms with Gasteiger partial charge in [-0.3, -0.25) is 4.99 Å². The smallest absolute Gasteiger partial charge is 0.328 e. The molecule has 0 saturated heterocycles. The summed E-state index contributed by atoms with van der Waals surface area (Å²) in [6.07, 6.45) is 1.81. The van der Waals surface area contributed by atoms with Crippen LogP contribution >= 0.6 is 0 Å². The van der Waals surface area contributed by atoms with Gasteiger partial charge in [-0.2, -0.15) is 0 Å². The van der Waals surface area contributed by atoms with Crippen LogP contribution in [0.1, 0.15) is 13.3 Å². The SMILES string of the molecule is CN1C=N[C@H](C(=O)O)C[C@]1(C)CO. The Morgan fingerprint density at radius 2 is 2.46 bits per heavy atom. The summed E-state index contributed by atoms with van der Waals surface area (Å²) in [5.41, 5.74) is -0.509. The first-order chi connectivity index (χ1) is 5.99. The van der Waals surface area contributed by atoms with Crippen LogP contribution in [0.2, 0.25) is 0 Å². The first-order valence-electron chi connectivity index (χ1n) is 4.09. The third kappa shape index (κ3) is 1.80. The third-order valence-electron chi connectivity index (χ3n) is 2.53. The van der Waals surface area contributed by atoms with Crippen molar-refractivity contribution in [2.24, 2.45) is 4.99 Å². The normalized spacial score (nSPS) is 33.5. The van der Waals surface area contributed by atoms with Crippen molar-refractivity contribution in [2.75, 3.05) is 13.7 Å². The standard InChI is InChI=1S/C8H14N2O3/c1-8(4-11)3-6(7(12)13)9-5-10(8)2/h5-6,11H,3-4H2,1-2H3,(H,12,13)/t6-,8+/m0/s1. The summed E-state index contributed by atoms with van der Waals surface area (Å²) in [6.45, 7) is 1.74. The number of hydrogen-bond donors (Lipinski definition) is 2. The lowest BCUT2D eigenvalue weighted by Crippen LogP contribution is -2.52. The molecule has 0 fully saturated rings. The van der Waals surface area contributed by atoms with Gasteiger partial charge >= 0.3 is 5.97 Å². The number of carboxylic acid groups (broad SMARTS) is 1. The highest BCUT2D eigenvalue weighted by Crippen LogP contribution is 2.23. The molecule has 0 unspecified atom stereocenters. The fourth-order valence-electron chi connectivity index (χ4n) is 1.26. The number of aliphatic hydroxyl groups is 1. The lowest BCUT2D eigenvalue weighted by Gasteiger charge is -2.40. The lowest BCUT2D eigenvalue weighted by atomic mass is 9.91. The zero-order valence-electron chi connectivity index (χ0n) is 7.77. The van der Waals surface area contributed by atoms with Gasteiger partial charge < -0.3 is 15.1 Å². The van der Waals surface area contributed by atoms with Crippen LogP contribution in [0.3, 0.4) is 0 Å². The Kier molecular flexibility index (Phi) is 2.56. The quantitative estimate of drug-likeness (QED) is 0.613. The molecule has 0 radical (unpaired) electrons. The number of carboxylic acids is 1. The molecule has 5 heteroatoms. The fraction of sp³-hybridized carbons (Fsp3) is 0.750. The van der Waals surface area contributed by atoms with Gasteiger partial charge in [0, 0.05) is 13.5 Å². The maximum absolute atomic E-state index is 10.7. The van der Waals surface area contributed by atoms with Crippen LogP contribution in [-0.2, 0) is 4.79 Å². The molecular formula is C8H14N2O3. The van der Waals surface area contributed by atoms with Crippen molar-refractivity contribution in [1.82, 2.24) is 4.90 Å². The van der Waals surface area contributed by atoms with Crippen LogP contribution in [0.25, 0.3) is 0 Å². The van der Waals surface area contributed by atoms with E-state index in [1.165, 1.54) is 6.34 Å². The van der Waals surface area contributed by atoms with Crippen molar-refractivity contribution in [3.63, 3.8) is 0 Å². The first-order valence-corrected chi connectivity index (χ1v) is 4.09. The molecule has 1 heterocycles. The first kappa shape index (κ1) is 9.98. The summed E-state index contributed by atoms with van der Waals surface area (Å²) in [5, 5.41) is 17.9. The number of aliphatic carboxylic acids is 1. The zero-order valence-corrected chi connectivity index (χ0v) is 7.77. The number of hydrogen-bond acceptors (Lipinski definition) is 4. The minimum Gasteiger partial charge on any atom is -0.480 e. The number of carbonyl (C=O) groups is 1. The number of aliphatic hydroxyl groups excluding tert-OH is 1. The summed E-state index contributed by atoms with van der Waals surface area (Å²) >= 11 is 0. The molecule has 1 aliphatic heterocycles. The van der Waals surface area contributed by atoms with E-state index >= 15 is 0 Å². The maximum atomic E-state index is 10.7. The van der Waals surface area contributed by atoms with Crippen LogP contribution in [0.5, 0.6) is 0 Å². The van der Waals surface area contributed by atoms with Gasteiger partial charge in [-0.15, -0.1) is 0 Å². The molecule has 0 spiro atoms. The van der Waals surface area contributed by atoms with E-state index < -0.39 is 17.6 Å². The average Bonchev–Trinajstić information content (AvgIpc) is 2.09.